The highest BCUT2D eigenvalue weighted by molar-refractivity contribution is 5.78. The molecule has 0 amide bonds. The SMILES string of the molecule is CC(C)(C)c1ccc2nc(N)oc2c1.CC(C)(C)c1ccc2ncoc2c1.CC(C)(C)c1ccc2oc(N)nc2c1.CC(C)(C)c1ccc2ocnc2c1.Cc1nc2cc(C(C)(C)C)ccc2o1.Cc1nc2ccc(C(C)(C)C)cc2o1. The van der Waals surface area contributed by atoms with Crippen molar-refractivity contribution in [1.82, 2.24) is 29.9 Å². The number of nitrogen functional groups attached to an aromatic ring is 2. The Bertz CT molecular complexity index is 3620. The first-order chi connectivity index (χ1) is 38.0. The lowest BCUT2D eigenvalue weighted by Gasteiger charge is -2.18. The van der Waals surface area contributed by atoms with Crippen LogP contribution >= 0.6 is 0 Å². The predicted octanol–water partition coefficient (Wildman–Crippen LogP) is 18.5. The van der Waals surface area contributed by atoms with Crippen LogP contribution in [-0.4, -0.2) is 29.9 Å². The van der Waals surface area contributed by atoms with Crippen LogP contribution < -0.4 is 11.5 Å². The summed E-state index contributed by atoms with van der Waals surface area (Å²) in [6.07, 6.45) is 2.97. The molecule has 6 aromatic carbocycles. The molecule has 0 saturated carbocycles. The third kappa shape index (κ3) is 16.0. The smallest absolute Gasteiger partial charge is 0.292 e. The first kappa shape index (κ1) is 61.4. The van der Waals surface area contributed by atoms with Gasteiger partial charge in [-0.25, -0.2) is 19.9 Å². The Hall–Kier alpha value is -8.26. The van der Waals surface area contributed by atoms with Gasteiger partial charge in [-0.3, -0.25) is 0 Å². The second-order valence-electron chi connectivity index (χ2n) is 26.9. The number of nitrogens with zero attached hydrogens (tertiary/aromatic N) is 6. The minimum atomic E-state index is 0.121. The van der Waals surface area contributed by atoms with Crippen molar-refractivity contribution in [2.75, 3.05) is 11.5 Å². The molecule has 14 heteroatoms. The molecule has 12 rings (SSSR count). The van der Waals surface area contributed by atoms with Gasteiger partial charge in [0, 0.05) is 13.8 Å². The maximum Gasteiger partial charge on any atom is 0.292 e. The molecule has 6 aromatic heterocycles. The van der Waals surface area contributed by atoms with E-state index in [2.05, 4.69) is 209 Å². The maximum atomic E-state index is 5.49. The molecule has 0 unspecified atom stereocenters. The van der Waals surface area contributed by atoms with Crippen LogP contribution in [0.5, 0.6) is 0 Å². The van der Waals surface area contributed by atoms with Gasteiger partial charge >= 0.3 is 0 Å². The Kier molecular flexibility index (Phi) is 17.7. The molecule has 0 radical (unpaired) electrons. The Morgan fingerprint density at radius 1 is 0.280 bits per heavy atom. The molecule has 0 bridgehead atoms. The summed E-state index contributed by atoms with van der Waals surface area (Å²) < 4.78 is 31.8. The molecule has 0 saturated heterocycles. The van der Waals surface area contributed by atoms with Crippen molar-refractivity contribution >= 4 is 78.6 Å². The fourth-order valence-corrected chi connectivity index (χ4v) is 8.48. The molecule has 14 nitrogen and oxygen atoms in total. The van der Waals surface area contributed by atoms with E-state index in [0.717, 1.165) is 78.4 Å². The summed E-state index contributed by atoms with van der Waals surface area (Å²) in [4.78, 5) is 24.9. The fourth-order valence-electron chi connectivity index (χ4n) is 8.48. The summed E-state index contributed by atoms with van der Waals surface area (Å²) in [5, 5.41) is 0. The third-order valence-electron chi connectivity index (χ3n) is 13.7. The Labute approximate surface area is 482 Å². The van der Waals surface area contributed by atoms with Gasteiger partial charge in [-0.15, -0.1) is 0 Å². The predicted molar refractivity (Wildman–Crippen MR) is 335 cm³/mol. The van der Waals surface area contributed by atoms with Crippen molar-refractivity contribution in [3.8, 4) is 0 Å². The average Bonchev–Trinajstić information content (AvgIpc) is 4.45. The highest BCUT2D eigenvalue weighted by Crippen LogP contribution is 2.31. The van der Waals surface area contributed by atoms with E-state index in [-0.39, 0.29) is 44.5 Å². The molecule has 0 fully saturated rings. The first-order valence-electron chi connectivity index (χ1n) is 27.8. The molecule has 0 spiro atoms. The van der Waals surface area contributed by atoms with Crippen LogP contribution in [0.15, 0.2) is 148 Å². The van der Waals surface area contributed by atoms with Gasteiger partial charge in [0.1, 0.15) is 33.1 Å². The van der Waals surface area contributed by atoms with Gasteiger partial charge in [-0.1, -0.05) is 161 Å². The van der Waals surface area contributed by atoms with E-state index in [1.165, 1.54) is 46.2 Å². The van der Waals surface area contributed by atoms with Gasteiger partial charge in [0.2, 0.25) is 0 Å². The summed E-state index contributed by atoms with van der Waals surface area (Å²) in [6.45, 7) is 43.0. The number of hydrogen-bond acceptors (Lipinski definition) is 14. The topological polar surface area (TPSA) is 208 Å². The summed E-state index contributed by atoms with van der Waals surface area (Å²) in [7, 11) is 0. The molecule has 0 aliphatic heterocycles. The molecule has 0 aliphatic rings. The minimum absolute atomic E-state index is 0.121. The van der Waals surface area contributed by atoms with Crippen LogP contribution in [0, 0.1) is 13.8 Å². The van der Waals surface area contributed by atoms with E-state index in [0.29, 0.717) is 0 Å². The van der Waals surface area contributed by atoms with Crippen LogP contribution in [0.3, 0.4) is 0 Å². The van der Waals surface area contributed by atoms with E-state index in [9.17, 15) is 0 Å². The lowest BCUT2D eigenvalue weighted by Crippen LogP contribution is -2.10. The van der Waals surface area contributed by atoms with Crippen molar-refractivity contribution in [3.63, 3.8) is 0 Å². The standard InChI is InChI=1S/2C12H15NO.2C11H14N2O.2C11H13NO/c1-8-13-10-7-9(12(2,3)4)5-6-11(10)14-8;1-8-13-10-6-5-9(12(2,3)4)7-11(10)14-8;1-11(2,3)7-4-5-9-8(6-7)13-10(12)14-9;1-11(2,3)7-4-5-8-9(6-7)14-10(12)13-8;1-11(2,3)8-4-5-10-9(6-8)12-7-13-10;1-11(2,3)8-4-5-9-10(6-8)13-7-12-9/h2*5-7H,1-4H3;2*4-6H,1-3H3,(H2,12,13);2*4-7H,1-3H3. The largest absolute Gasteiger partial charge is 0.443 e. The van der Waals surface area contributed by atoms with Crippen molar-refractivity contribution in [3.05, 3.63) is 167 Å². The van der Waals surface area contributed by atoms with Crippen LogP contribution in [0.4, 0.5) is 12.0 Å². The maximum absolute atomic E-state index is 5.49. The zero-order valence-electron chi connectivity index (χ0n) is 51.8. The van der Waals surface area contributed by atoms with Crippen molar-refractivity contribution in [2.24, 2.45) is 0 Å². The first-order valence-corrected chi connectivity index (χ1v) is 27.8. The zero-order chi connectivity index (χ0) is 60.3. The van der Waals surface area contributed by atoms with Crippen molar-refractivity contribution in [2.45, 2.75) is 171 Å². The molecule has 4 N–H and O–H groups in total. The molecule has 0 atom stereocenters. The van der Waals surface area contributed by atoms with E-state index in [1.54, 1.807) is 0 Å². The Morgan fingerprint density at radius 2 is 0.573 bits per heavy atom. The highest BCUT2D eigenvalue weighted by Gasteiger charge is 2.20. The van der Waals surface area contributed by atoms with Gasteiger partial charge < -0.3 is 38.0 Å². The van der Waals surface area contributed by atoms with Gasteiger partial charge in [-0.2, -0.15) is 9.97 Å². The lowest BCUT2D eigenvalue weighted by molar-refractivity contribution is 0.555. The van der Waals surface area contributed by atoms with Crippen LogP contribution in [-0.2, 0) is 32.5 Å². The number of hydrogen-bond donors (Lipinski definition) is 2. The van der Waals surface area contributed by atoms with E-state index in [1.807, 2.05) is 68.4 Å². The average molecular weight is 1110 g/mol. The fraction of sp³-hybridized carbons (Fsp3) is 0.382. The van der Waals surface area contributed by atoms with Gasteiger partial charge in [0.25, 0.3) is 12.0 Å². The summed E-state index contributed by atoms with van der Waals surface area (Å²) in [5.74, 6) is 1.46. The van der Waals surface area contributed by atoms with E-state index in [4.69, 9.17) is 38.0 Å². The number of aromatic nitrogens is 6. The zero-order valence-corrected chi connectivity index (χ0v) is 51.8. The summed E-state index contributed by atoms with van der Waals surface area (Å²) in [5.41, 5.74) is 29.8. The third-order valence-corrected chi connectivity index (χ3v) is 13.7. The van der Waals surface area contributed by atoms with E-state index >= 15 is 0 Å². The summed E-state index contributed by atoms with van der Waals surface area (Å²) >= 11 is 0. The van der Waals surface area contributed by atoms with Gasteiger partial charge in [-0.05, 0) is 139 Å². The van der Waals surface area contributed by atoms with E-state index < -0.39 is 0 Å². The van der Waals surface area contributed by atoms with Gasteiger partial charge in [0.15, 0.2) is 58.1 Å². The Balaban J connectivity index is 0.000000142. The number of fused-ring (bicyclic) bond motifs is 6. The minimum Gasteiger partial charge on any atom is -0.443 e. The monoisotopic (exact) mass is 1110 g/mol. The molecular weight excluding hydrogens is 1020 g/mol. The quantitative estimate of drug-likeness (QED) is 0.145. The van der Waals surface area contributed by atoms with Crippen LogP contribution in [0.1, 0.15) is 170 Å². The second-order valence-corrected chi connectivity index (χ2v) is 26.9. The number of aryl methyl sites for hydroxylation is 2. The molecule has 6 heterocycles. The number of oxazole rings is 6. The normalized spacial score (nSPS) is 12.2. The molecule has 0 aliphatic carbocycles. The summed E-state index contributed by atoms with van der Waals surface area (Å²) in [6, 6.07) is 37.2. The number of nitrogens with two attached hydrogens (primary N) is 2. The number of anilines is 2. The molecule has 432 valence electrons. The van der Waals surface area contributed by atoms with Crippen molar-refractivity contribution in [1.29, 1.82) is 0 Å². The molecule has 82 heavy (non-hydrogen) atoms. The van der Waals surface area contributed by atoms with Gasteiger partial charge in [0.05, 0.1) is 0 Å². The lowest BCUT2D eigenvalue weighted by atomic mass is 9.87. The molecular formula is C68H84N8O6. The van der Waals surface area contributed by atoms with Crippen LogP contribution in [0.2, 0.25) is 0 Å². The Morgan fingerprint density at radius 3 is 1.05 bits per heavy atom. The second kappa shape index (κ2) is 23.7. The highest BCUT2D eigenvalue weighted by atomic mass is 16.4. The van der Waals surface area contributed by atoms with Crippen LogP contribution in [0.25, 0.3) is 66.6 Å². The number of benzene rings is 6. The number of rotatable bonds is 0. The molecule has 12 aromatic rings. The van der Waals surface area contributed by atoms with Crippen molar-refractivity contribution < 1.29 is 26.5 Å².